The van der Waals surface area contributed by atoms with Crippen molar-refractivity contribution in [2.45, 2.75) is 51.4 Å². The maximum Gasteiger partial charge on any atom is 0.164 e. The van der Waals surface area contributed by atoms with Gasteiger partial charge in [-0.3, -0.25) is 0 Å². The fraction of sp³-hybridized carbons (Fsp3) is 0.235. The van der Waals surface area contributed by atoms with Crippen LogP contribution < -0.4 is 0 Å². The standard InChI is InChI=1S/C51H41N3S/c1-29-7-11-34(12-8-29)48-52-49(35-13-9-30(2)10-14-35)54-50(53-48)36-17-15-33(16-18-36)37-19-20-40-42-21-22-43-41-5-3-4-6-45(41)55-47(43)46(42)51(44(40)28-37)38-24-31-23-32(26-38)27-39(51)25-31/h3-22,28,31-32,38-39H,23-27H2,1-2H3. The first-order chi connectivity index (χ1) is 27.0. The van der Waals surface area contributed by atoms with E-state index >= 15 is 0 Å². The molecule has 13 rings (SSSR count). The molecular formula is C51H41N3S. The maximum atomic E-state index is 5.04. The predicted molar refractivity (Wildman–Crippen MR) is 227 cm³/mol. The second-order valence-electron chi connectivity index (χ2n) is 17.0. The molecule has 4 saturated carbocycles. The Morgan fingerprint density at radius 3 is 1.60 bits per heavy atom. The average Bonchev–Trinajstić information content (AvgIpc) is 3.74. The molecule has 55 heavy (non-hydrogen) atoms. The van der Waals surface area contributed by atoms with Crippen molar-refractivity contribution in [2.24, 2.45) is 23.7 Å². The third-order valence-corrected chi connectivity index (χ3v) is 15.1. The molecule has 4 heteroatoms. The highest BCUT2D eigenvalue weighted by molar-refractivity contribution is 7.26. The van der Waals surface area contributed by atoms with Gasteiger partial charge >= 0.3 is 0 Å². The van der Waals surface area contributed by atoms with Crippen LogP contribution in [0.4, 0.5) is 0 Å². The highest BCUT2D eigenvalue weighted by Crippen LogP contribution is 2.71. The van der Waals surface area contributed by atoms with E-state index in [-0.39, 0.29) is 5.41 Å². The molecule has 4 bridgehead atoms. The quantitative estimate of drug-likeness (QED) is 0.181. The number of hydrogen-bond acceptors (Lipinski definition) is 4. The van der Waals surface area contributed by atoms with E-state index in [1.165, 1.54) is 81.0 Å². The summed E-state index contributed by atoms with van der Waals surface area (Å²) in [6, 6.07) is 47.2. The van der Waals surface area contributed by atoms with Crippen LogP contribution in [0.15, 0.2) is 127 Å². The SMILES string of the molecule is Cc1ccc(-c2nc(-c3ccc(C)cc3)nc(-c3ccc(-c4ccc5c(c4)C4(c6c-5ccc5c6sc6ccccc65)C5CC6CC(C5)CC4C6)cc3)n2)cc1. The normalized spacial score (nSPS) is 23.2. The molecule has 0 saturated heterocycles. The maximum absolute atomic E-state index is 5.04. The summed E-state index contributed by atoms with van der Waals surface area (Å²) in [7, 11) is 0. The summed E-state index contributed by atoms with van der Waals surface area (Å²) in [5, 5.41) is 2.86. The largest absolute Gasteiger partial charge is 0.208 e. The first-order valence-electron chi connectivity index (χ1n) is 20.1. The minimum absolute atomic E-state index is 0.0953. The molecule has 0 unspecified atom stereocenters. The Labute approximate surface area is 326 Å². The second-order valence-corrected chi connectivity index (χ2v) is 18.1. The molecule has 8 aromatic rings. The summed E-state index contributed by atoms with van der Waals surface area (Å²) in [5.41, 5.74) is 14.3. The second kappa shape index (κ2) is 11.8. The van der Waals surface area contributed by atoms with Crippen LogP contribution in [0.2, 0.25) is 0 Å². The fourth-order valence-electron chi connectivity index (χ4n) is 11.6. The Balaban J connectivity index is 0.978. The van der Waals surface area contributed by atoms with Crippen molar-refractivity contribution in [3.8, 4) is 56.4 Å². The van der Waals surface area contributed by atoms with Crippen LogP contribution in [0.5, 0.6) is 0 Å². The van der Waals surface area contributed by atoms with E-state index in [1.807, 2.05) is 11.3 Å². The molecule has 0 radical (unpaired) electrons. The number of rotatable bonds is 4. The summed E-state index contributed by atoms with van der Waals surface area (Å²) >= 11 is 2.04. The van der Waals surface area contributed by atoms with Crippen LogP contribution in [0.3, 0.4) is 0 Å². The van der Waals surface area contributed by atoms with Crippen LogP contribution >= 0.6 is 11.3 Å². The van der Waals surface area contributed by atoms with Crippen LogP contribution in [0, 0.1) is 37.5 Å². The van der Waals surface area contributed by atoms with Gasteiger partial charge in [-0.1, -0.05) is 126 Å². The molecular weight excluding hydrogens is 687 g/mol. The van der Waals surface area contributed by atoms with Gasteiger partial charge < -0.3 is 0 Å². The first kappa shape index (κ1) is 31.9. The van der Waals surface area contributed by atoms with Crippen molar-refractivity contribution in [3.63, 3.8) is 0 Å². The number of fused-ring (bicyclic) bond motifs is 7. The molecule has 0 amide bonds. The summed E-state index contributed by atoms with van der Waals surface area (Å²) in [6.45, 7) is 4.21. The van der Waals surface area contributed by atoms with Crippen molar-refractivity contribution in [2.75, 3.05) is 0 Å². The lowest BCUT2D eigenvalue weighted by molar-refractivity contribution is -0.0392. The van der Waals surface area contributed by atoms with Gasteiger partial charge in [-0.25, -0.2) is 15.0 Å². The summed E-state index contributed by atoms with van der Waals surface area (Å²) < 4.78 is 2.96. The Bertz CT molecular complexity index is 2740. The Hall–Kier alpha value is -5.45. The van der Waals surface area contributed by atoms with Gasteiger partial charge in [0.2, 0.25) is 0 Å². The Kier molecular flexibility index (Phi) is 6.82. The van der Waals surface area contributed by atoms with Crippen molar-refractivity contribution in [3.05, 3.63) is 150 Å². The molecule has 1 spiro atoms. The van der Waals surface area contributed by atoms with Gasteiger partial charge in [-0.2, -0.15) is 0 Å². The van der Waals surface area contributed by atoms with Gasteiger partial charge in [0.15, 0.2) is 17.5 Å². The van der Waals surface area contributed by atoms with E-state index in [0.717, 1.165) is 28.5 Å². The smallest absolute Gasteiger partial charge is 0.164 e. The molecule has 5 aliphatic rings. The van der Waals surface area contributed by atoms with E-state index in [1.54, 1.807) is 15.8 Å². The monoisotopic (exact) mass is 727 g/mol. The molecule has 5 aliphatic carbocycles. The first-order valence-corrected chi connectivity index (χ1v) is 20.9. The van der Waals surface area contributed by atoms with Gasteiger partial charge in [0, 0.05) is 42.3 Å². The number of nitrogens with zero attached hydrogens (tertiary/aromatic N) is 3. The third-order valence-electron chi connectivity index (χ3n) is 13.9. The van der Waals surface area contributed by atoms with Crippen molar-refractivity contribution >= 4 is 31.5 Å². The van der Waals surface area contributed by atoms with Crippen molar-refractivity contribution in [1.82, 2.24) is 15.0 Å². The topological polar surface area (TPSA) is 38.7 Å². The average molecular weight is 728 g/mol. The molecule has 266 valence electrons. The highest BCUT2D eigenvalue weighted by Gasteiger charge is 2.62. The summed E-state index contributed by atoms with van der Waals surface area (Å²) in [4.78, 5) is 15.0. The molecule has 2 aromatic heterocycles. The van der Waals surface area contributed by atoms with Gasteiger partial charge in [0.05, 0.1) is 0 Å². The lowest BCUT2D eigenvalue weighted by atomic mass is 9.43. The van der Waals surface area contributed by atoms with E-state index < -0.39 is 0 Å². The molecule has 3 nitrogen and oxygen atoms in total. The van der Waals surface area contributed by atoms with Gasteiger partial charge in [-0.15, -0.1) is 11.3 Å². The van der Waals surface area contributed by atoms with Crippen molar-refractivity contribution in [1.29, 1.82) is 0 Å². The van der Waals surface area contributed by atoms with Gasteiger partial charge in [0.25, 0.3) is 0 Å². The minimum atomic E-state index is 0.0953. The number of hydrogen-bond donors (Lipinski definition) is 0. The Morgan fingerprint density at radius 1 is 0.491 bits per heavy atom. The lowest BCUT2D eigenvalue weighted by Crippen LogP contribution is -2.55. The number of thiophene rings is 1. The zero-order valence-corrected chi connectivity index (χ0v) is 32.0. The fourth-order valence-corrected chi connectivity index (χ4v) is 12.9. The lowest BCUT2D eigenvalue weighted by Gasteiger charge is -2.61. The van der Waals surface area contributed by atoms with E-state index in [4.69, 9.17) is 15.0 Å². The Morgan fingerprint density at radius 2 is 1.00 bits per heavy atom. The van der Waals surface area contributed by atoms with Crippen LogP contribution in [-0.4, -0.2) is 15.0 Å². The van der Waals surface area contributed by atoms with Gasteiger partial charge in [0.1, 0.15) is 0 Å². The molecule has 4 fully saturated rings. The van der Waals surface area contributed by atoms with Crippen LogP contribution in [-0.2, 0) is 5.41 Å². The summed E-state index contributed by atoms with van der Waals surface area (Å²) in [5.74, 6) is 5.32. The van der Waals surface area contributed by atoms with Crippen molar-refractivity contribution < 1.29 is 0 Å². The van der Waals surface area contributed by atoms with E-state index in [9.17, 15) is 0 Å². The van der Waals surface area contributed by atoms with Crippen LogP contribution in [0.1, 0.15) is 54.4 Å². The number of benzene rings is 6. The van der Waals surface area contributed by atoms with E-state index in [2.05, 4.69) is 141 Å². The molecule has 0 N–H and O–H groups in total. The molecule has 0 aliphatic heterocycles. The molecule has 6 aromatic carbocycles. The number of aromatic nitrogens is 3. The van der Waals surface area contributed by atoms with Crippen LogP contribution in [0.25, 0.3) is 76.6 Å². The molecule has 2 heterocycles. The van der Waals surface area contributed by atoms with Gasteiger partial charge in [-0.05, 0) is 115 Å². The minimum Gasteiger partial charge on any atom is -0.208 e. The predicted octanol–water partition coefficient (Wildman–Crippen LogP) is 13.2. The third kappa shape index (κ3) is 4.70. The highest BCUT2D eigenvalue weighted by atomic mass is 32.1. The zero-order chi connectivity index (χ0) is 36.4. The van der Waals surface area contributed by atoms with E-state index in [0.29, 0.717) is 29.3 Å². The number of aryl methyl sites for hydroxylation is 2. The summed E-state index contributed by atoms with van der Waals surface area (Å²) in [6.07, 6.45) is 6.99. The molecule has 0 atom stereocenters. The zero-order valence-electron chi connectivity index (χ0n) is 31.2.